The lowest BCUT2D eigenvalue weighted by Gasteiger charge is -2.33. The zero-order chi connectivity index (χ0) is 13.8. The van der Waals surface area contributed by atoms with Crippen molar-refractivity contribution in [2.75, 3.05) is 7.05 Å². The van der Waals surface area contributed by atoms with E-state index in [1.807, 2.05) is 11.9 Å². The van der Waals surface area contributed by atoms with Crippen molar-refractivity contribution in [2.45, 2.75) is 51.7 Å². The maximum atomic E-state index is 12.5. The second kappa shape index (κ2) is 6.20. The molecule has 104 valence electrons. The average molecular weight is 260 g/mol. The van der Waals surface area contributed by atoms with Gasteiger partial charge in [-0.25, -0.2) is 0 Å². The first-order chi connectivity index (χ1) is 9.17. The number of hydrogen-bond acceptors (Lipinski definition) is 2. The molecule has 0 unspecified atom stereocenters. The monoisotopic (exact) mass is 260 g/mol. The van der Waals surface area contributed by atoms with Gasteiger partial charge < -0.3 is 10.2 Å². The van der Waals surface area contributed by atoms with Gasteiger partial charge in [0.2, 0.25) is 5.91 Å². The number of amides is 1. The molecule has 1 amide bonds. The molecular formula is C16H24N2O. The van der Waals surface area contributed by atoms with E-state index in [-0.39, 0.29) is 11.9 Å². The van der Waals surface area contributed by atoms with Gasteiger partial charge in [-0.2, -0.15) is 0 Å². The summed E-state index contributed by atoms with van der Waals surface area (Å²) >= 11 is 0. The maximum Gasteiger partial charge on any atom is 0.240 e. The molecule has 0 fully saturated rings. The van der Waals surface area contributed by atoms with Crippen LogP contribution in [0.25, 0.3) is 0 Å². The highest BCUT2D eigenvalue weighted by Crippen LogP contribution is 2.18. The summed E-state index contributed by atoms with van der Waals surface area (Å²) in [7, 11) is 1.93. The van der Waals surface area contributed by atoms with Crippen molar-refractivity contribution in [2.24, 2.45) is 0 Å². The molecule has 1 aliphatic heterocycles. The smallest absolute Gasteiger partial charge is 0.240 e. The highest BCUT2D eigenvalue weighted by Gasteiger charge is 2.28. The highest BCUT2D eigenvalue weighted by atomic mass is 16.2. The number of fused-ring (bicyclic) bond motifs is 1. The molecule has 1 aromatic carbocycles. The summed E-state index contributed by atoms with van der Waals surface area (Å²) < 4.78 is 0. The molecule has 0 aliphatic carbocycles. The minimum absolute atomic E-state index is 0.0690. The normalized spacial score (nSPS) is 18.2. The van der Waals surface area contributed by atoms with Crippen molar-refractivity contribution in [3.63, 3.8) is 0 Å². The van der Waals surface area contributed by atoms with E-state index in [9.17, 15) is 4.79 Å². The van der Waals surface area contributed by atoms with E-state index in [4.69, 9.17) is 0 Å². The van der Waals surface area contributed by atoms with Crippen LogP contribution >= 0.6 is 0 Å². The molecule has 0 bridgehead atoms. The van der Waals surface area contributed by atoms with E-state index in [1.54, 1.807) is 0 Å². The van der Waals surface area contributed by atoms with Crippen LogP contribution < -0.4 is 5.32 Å². The van der Waals surface area contributed by atoms with Crippen LogP contribution in [0.15, 0.2) is 24.3 Å². The zero-order valence-electron chi connectivity index (χ0n) is 12.1. The van der Waals surface area contributed by atoms with Gasteiger partial charge >= 0.3 is 0 Å². The Bertz CT molecular complexity index is 440. The van der Waals surface area contributed by atoms with Crippen molar-refractivity contribution >= 4 is 5.91 Å². The molecule has 0 saturated heterocycles. The number of carbonyl (C=O) groups is 1. The Hall–Kier alpha value is -1.35. The summed E-state index contributed by atoms with van der Waals surface area (Å²) in [5.74, 6) is 0.225. The predicted molar refractivity (Wildman–Crippen MR) is 77.9 cm³/mol. The van der Waals surface area contributed by atoms with Gasteiger partial charge in [0.25, 0.3) is 0 Å². The van der Waals surface area contributed by atoms with E-state index < -0.39 is 0 Å². The number of likely N-dealkylation sites (N-methyl/N-ethyl adjacent to an activating group) is 1. The molecule has 1 heterocycles. The van der Waals surface area contributed by atoms with Crippen molar-refractivity contribution in [1.29, 1.82) is 0 Å². The Morgan fingerprint density at radius 1 is 1.32 bits per heavy atom. The molecule has 1 atom stereocenters. The second-order valence-electron chi connectivity index (χ2n) is 5.33. The van der Waals surface area contributed by atoms with Gasteiger partial charge in [-0.05, 0) is 30.4 Å². The molecule has 1 aliphatic rings. The fourth-order valence-electron chi connectivity index (χ4n) is 2.89. The Morgan fingerprint density at radius 2 is 1.95 bits per heavy atom. The maximum absolute atomic E-state index is 12.5. The molecule has 19 heavy (non-hydrogen) atoms. The lowest BCUT2D eigenvalue weighted by atomic mass is 9.95. The number of nitrogens with zero attached hydrogens (tertiary/aromatic N) is 1. The first-order valence-corrected chi connectivity index (χ1v) is 7.24. The van der Waals surface area contributed by atoms with Crippen molar-refractivity contribution in [1.82, 2.24) is 10.2 Å². The fraction of sp³-hybridized carbons (Fsp3) is 0.562. The largest absolute Gasteiger partial charge is 0.341 e. The quantitative estimate of drug-likeness (QED) is 0.901. The molecule has 0 spiro atoms. The van der Waals surface area contributed by atoms with Gasteiger partial charge in [0.1, 0.15) is 0 Å². The van der Waals surface area contributed by atoms with Crippen molar-refractivity contribution in [3.8, 4) is 0 Å². The molecule has 3 heteroatoms. The van der Waals surface area contributed by atoms with Crippen LogP contribution in [0.2, 0.25) is 0 Å². The fourth-order valence-corrected chi connectivity index (χ4v) is 2.89. The van der Waals surface area contributed by atoms with E-state index >= 15 is 0 Å². The molecule has 0 radical (unpaired) electrons. The van der Waals surface area contributed by atoms with Crippen LogP contribution in [0.1, 0.15) is 37.8 Å². The molecule has 1 aromatic rings. The number of hydrogen-bond donors (Lipinski definition) is 1. The summed E-state index contributed by atoms with van der Waals surface area (Å²) in [6.07, 6.45) is 2.84. The third-order valence-corrected chi connectivity index (χ3v) is 4.22. The lowest BCUT2D eigenvalue weighted by Crippen LogP contribution is -2.50. The number of rotatable bonds is 4. The molecule has 0 aromatic heterocycles. The zero-order valence-corrected chi connectivity index (χ0v) is 12.1. The lowest BCUT2D eigenvalue weighted by molar-refractivity contribution is -0.134. The topological polar surface area (TPSA) is 32.3 Å². The first-order valence-electron chi connectivity index (χ1n) is 7.24. The summed E-state index contributed by atoms with van der Waals surface area (Å²) in [6, 6.07) is 8.66. The third-order valence-electron chi connectivity index (χ3n) is 4.22. The Kier molecular flexibility index (Phi) is 4.59. The molecule has 1 N–H and O–H groups in total. The van der Waals surface area contributed by atoms with Crippen LogP contribution in [0, 0.1) is 0 Å². The third kappa shape index (κ3) is 2.98. The van der Waals surface area contributed by atoms with E-state index in [0.29, 0.717) is 6.04 Å². The van der Waals surface area contributed by atoms with Crippen LogP contribution in [-0.4, -0.2) is 29.9 Å². The van der Waals surface area contributed by atoms with Gasteiger partial charge in [0.05, 0.1) is 6.04 Å². The second-order valence-corrected chi connectivity index (χ2v) is 5.33. The van der Waals surface area contributed by atoms with Gasteiger partial charge in [0, 0.05) is 19.6 Å². The molecule has 0 saturated carbocycles. The summed E-state index contributed by atoms with van der Waals surface area (Å²) in [5.41, 5.74) is 2.62. The summed E-state index contributed by atoms with van der Waals surface area (Å²) in [5, 5.41) is 3.37. The Morgan fingerprint density at radius 3 is 2.58 bits per heavy atom. The van der Waals surface area contributed by atoms with Gasteiger partial charge in [-0.3, -0.25) is 4.79 Å². The molecule has 2 rings (SSSR count). The van der Waals surface area contributed by atoms with Gasteiger partial charge in [-0.15, -0.1) is 0 Å². The van der Waals surface area contributed by atoms with E-state index in [2.05, 4.69) is 43.4 Å². The van der Waals surface area contributed by atoms with E-state index in [1.165, 1.54) is 11.1 Å². The minimum atomic E-state index is -0.0690. The standard InChI is InChI=1S/C16H24N2O/c1-4-14(5-2)18(3)16(19)15-10-12-8-6-7-9-13(12)11-17-15/h6-9,14-15,17H,4-5,10-11H2,1-3H3/t15-/m0/s1. The molecular weight excluding hydrogens is 236 g/mol. The highest BCUT2D eigenvalue weighted by molar-refractivity contribution is 5.82. The summed E-state index contributed by atoms with van der Waals surface area (Å²) in [6.45, 7) is 5.08. The predicted octanol–water partition coefficient (Wildman–Crippen LogP) is 2.35. The van der Waals surface area contributed by atoms with E-state index in [0.717, 1.165) is 25.8 Å². The van der Waals surface area contributed by atoms with Crippen molar-refractivity contribution in [3.05, 3.63) is 35.4 Å². The minimum Gasteiger partial charge on any atom is -0.341 e. The average Bonchev–Trinajstić information content (AvgIpc) is 2.47. The number of carbonyl (C=O) groups excluding carboxylic acids is 1. The van der Waals surface area contributed by atoms with Crippen molar-refractivity contribution < 1.29 is 4.79 Å². The summed E-state index contributed by atoms with van der Waals surface area (Å²) in [4.78, 5) is 14.5. The number of benzene rings is 1. The number of nitrogens with one attached hydrogen (secondary N) is 1. The SMILES string of the molecule is CCC(CC)N(C)C(=O)[C@@H]1Cc2ccccc2CN1. The van der Waals surface area contributed by atoms with Crippen LogP contribution in [0.3, 0.4) is 0 Å². The van der Waals surface area contributed by atoms with Gasteiger partial charge in [-0.1, -0.05) is 38.1 Å². The van der Waals surface area contributed by atoms with Crippen LogP contribution in [0.4, 0.5) is 0 Å². The van der Waals surface area contributed by atoms with Crippen LogP contribution in [0.5, 0.6) is 0 Å². The van der Waals surface area contributed by atoms with Gasteiger partial charge in [0.15, 0.2) is 0 Å². The Labute approximate surface area is 116 Å². The van der Waals surface area contributed by atoms with Crippen LogP contribution in [-0.2, 0) is 17.8 Å². The first kappa shape index (κ1) is 14.1. The Balaban J connectivity index is 2.06. The molecule has 3 nitrogen and oxygen atoms in total.